The smallest absolute Gasteiger partial charge is 0.255 e. The van der Waals surface area contributed by atoms with Crippen molar-refractivity contribution in [1.82, 2.24) is 24.6 Å². The van der Waals surface area contributed by atoms with Crippen molar-refractivity contribution in [3.05, 3.63) is 69.2 Å². The number of aryl methyl sites for hydroxylation is 1. The van der Waals surface area contributed by atoms with Crippen LogP contribution in [0.2, 0.25) is 5.02 Å². The van der Waals surface area contributed by atoms with Crippen molar-refractivity contribution >= 4 is 35.6 Å². The summed E-state index contributed by atoms with van der Waals surface area (Å²) in [5.41, 5.74) is 2.33. The van der Waals surface area contributed by atoms with Gasteiger partial charge >= 0.3 is 0 Å². The van der Waals surface area contributed by atoms with Gasteiger partial charge in [0.25, 0.3) is 5.91 Å². The fourth-order valence-corrected chi connectivity index (χ4v) is 4.28. The minimum atomic E-state index is -0.491. The van der Waals surface area contributed by atoms with Gasteiger partial charge in [0, 0.05) is 44.7 Å². The predicted molar refractivity (Wildman–Crippen MR) is 126 cm³/mol. The molecule has 0 aliphatic carbocycles. The minimum absolute atomic E-state index is 0.0140. The quantitative estimate of drug-likeness (QED) is 0.550. The molecular formula is C23H23ClFN5O2S. The molecule has 2 aromatic carbocycles. The van der Waals surface area contributed by atoms with Crippen LogP contribution in [0.15, 0.2) is 42.5 Å². The molecule has 0 bridgehead atoms. The fraction of sp³-hybridized carbons (Fsp3) is 0.304. The van der Waals surface area contributed by atoms with Crippen molar-refractivity contribution in [3.63, 3.8) is 0 Å². The van der Waals surface area contributed by atoms with Crippen LogP contribution in [-0.4, -0.2) is 62.6 Å². The number of halogens is 2. The van der Waals surface area contributed by atoms with E-state index in [1.165, 1.54) is 12.1 Å². The Labute approximate surface area is 200 Å². The average Bonchev–Trinajstić information content (AvgIpc) is 3.18. The highest BCUT2D eigenvalue weighted by Crippen LogP contribution is 2.21. The number of hydrogen-bond acceptors (Lipinski definition) is 4. The summed E-state index contributed by atoms with van der Waals surface area (Å²) in [5.74, 6) is -0.0750. The van der Waals surface area contributed by atoms with Gasteiger partial charge in [-0.3, -0.25) is 19.3 Å². The van der Waals surface area contributed by atoms with E-state index in [0.29, 0.717) is 43.3 Å². The van der Waals surface area contributed by atoms with Crippen LogP contribution in [-0.2, 0) is 11.3 Å². The van der Waals surface area contributed by atoms with Crippen LogP contribution in [0.25, 0.3) is 11.4 Å². The lowest BCUT2D eigenvalue weighted by atomic mass is 10.1. The molecule has 1 aromatic heterocycles. The molecule has 1 fully saturated rings. The molecule has 0 atom stereocenters. The molecule has 4 rings (SSSR count). The Kier molecular flexibility index (Phi) is 6.90. The second kappa shape index (κ2) is 9.84. The first-order valence-electron chi connectivity index (χ1n) is 10.6. The number of aromatic amines is 1. The molecule has 0 spiro atoms. The SMILES string of the molecule is Cc1ccc(-c2n[nH]c(=S)n2CCC(=O)N2CCN(C(=O)c3ccc(F)cc3Cl)CC2)cc1. The van der Waals surface area contributed by atoms with Gasteiger partial charge in [0.15, 0.2) is 10.6 Å². The lowest BCUT2D eigenvalue weighted by Crippen LogP contribution is -2.50. The van der Waals surface area contributed by atoms with Gasteiger partial charge in [-0.2, -0.15) is 5.10 Å². The summed E-state index contributed by atoms with van der Waals surface area (Å²) in [6.45, 7) is 4.04. The van der Waals surface area contributed by atoms with Gasteiger partial charge in [-0.05, 0) is 37.3 Å². The Balaban J connectivity index is 1.35. The Morgan fingerprint density at radius 2 is 1.76 bits per heavy atom. The van der Waals surface area contributed by atoms with Crippen LogP contribution < -0.4 is 0 Å². The Morgan fingerprint density at radius 1 is 1.09 bits per heavy atom. The first-order valence-corrected chi connectivity index (χ1v) is 11.4. The molecule has 1 saturated heterocycles. The lowest BCUT2D eigenvalue weighted by molar-refractivity contribution is -0.132. The van der Waals surface area contributed by atoms with Crippen molar-refractivity contribution in [2.24, 2.45) is 0 Å². The molecule has 172 valence electrons. The number of piperazine rings is 1. The zero-order chi connectivity index (χ0) is 23.5. The normalized spacial score (nSPS) is 13.9. The van der Waals surface area contributed by atoms with Crippen molar-refractivity contribution < 1.29 is 14.0 Å². The van der Waals surface area contributed by atoms with Gasteiger partial charge in [0.1, 0.15) is 5.82 Å². The number of aromatic nitrogens is 3. The maximum Gasteiger partial charge on any atom is 0.255 e. The standard InChI is InChI=1S/C23H23ClFN5O2S/c1-15-2-4-16(5-3-15)21-26-27-23(33)30(21)9-8-20(31)28-10-12-29(13-11-28)22(32)18-7-6-17(25)14-19(18)24/h2-7,14H,8-13H2,1H3,(H,27,33). The van der Waals surface area contributed by atoms with E-state index in [9.17, 15) is 14.0 Å². The number of benzene rings is 2. The van der Waals surface area contributed by atoms with Crippen molar-refractivity contribution in [3.8, 4) is 11.4 Å². The third-order valence-electron chi connectivity index (χ3n) is 5.70. The summed E-state index contributed by atoms with van der Waals surface area (Å²) < 4.78 is 15.6. The third-order valence-corrected chi connectivity index (χ3v) is 6.32. The van der Waals surface area contributed by atoms with E-state index in [4.69, 9.17) is 23.8 Å². The molecule has 1 aliphatic heterocycles. The average molecular weight is 488 g/mol. The van der Waals surface area contributed by atoms with E-state index in [1.807, 2.05) is 35.8 Å². The van der Waals surface area contributed by atoms with E-state index in [0.717, 1.165) is 17.2 Å². The van der Waals surface area contributed by atoms with Crippen LogP contribution in [0.4, 0.5) is 4.39 Å². The number of nitrogens with zero attached hydrogens (tertiary/aromatic N) is 4. The molecule has 33 heavy (non-hydrogen) atoms. The van der Waals surface area contributed by atoms with Crippen molar-refractivity contribution in [2.45, 2.75) is 19.9 Å². The zero-order valence-corrected chi connectivity index (χ0v) is 19.6. The molecule has 2 heterocycles. The van der Waals surface area contributed by atoms with Crippen LogP contribution in [0, 0.1) is 17.5 Å². The first kappa shape index (κ1) is 23.1. The number of H-pyrrole nitrogens is 1. The van der Waals surface area contributed by atoms with Gasteiger partial charge in [0.2, 0.25) is 5.91 Å². The van der Waals surface area contributed by atoms with E-state index < -0.39 is 5.82 Å². The Bertz CT molecular complexity index is 1230. The maximum absolute atomic E-state index is 13.3. The summed E-state index contributed by atoms with van der Waals surface area (Å²) in [6.07, 6.45) is 0.268. The van der Waals surface area contributed by atoms with Gasteiger partial charge in [-0.1, -0.05) is 41.4 Å². The monoisotopic (exact) mass is 487 g/mol. The molecule has 0 saturated carbocycles. The van der Waals surface area contributed by atoms with E-state index in [1.54, 1.807) is 9.80 Å². The molecule has 2 amide bonds. The van der Waals surface area contributed by atoms with Crippen molar-refractivity contribution in [2.75, 3.05) is 26.2 Å². The predicted octanol–water partition coefficient (Wildman–Crippen LogP) is 4.08. The minimum Gasteiger partial charge on any atom is -0.339 e. The van der Waals surface area contributed by atoms with E-state index >= 15 is 0 Å². The van der Waals surface area contributed by atoms with Crippen LogP contribution in [0.1, 0.15) is 22.3 Å². The molecule has 3 aromatic rings. The highest BCUT2D eigenvalue weighted by atomic mass is 35.5. The summed E-state index contributed by atoms with van der Waals surface area (Å²) in [4.78, 5) is 28.9. The molecule has 7 nitrogen and oxygen atoms in total. The van der Waals surface area contributed by atoms with Gasteiger partial charge < -0.3 is 9.80 Å². The van der Waals surface area contributed by atoms with Crippen LogP contribution in [0.5, 0.6) is 0 Å². The van der Waals surface area contributed by atoms with Gasteiger partial charge in [-0.25, -0.2) is 4.39 Å². The molecule has 1 N–H and O–H groups in total. The zero-order valence-electron chi connectivity index (χ0n) is 18.1. The molecular weight excluding hydrogens is 465 g/mol. The number of rotatable bonds is 5. The highest BCUT2D eigenvalue weighted by Gasteiger charge is 2.26. The highest BCUT2D eigenvalue weighted by molar-refractivity contribution is 7.71. The number of nitrogens with one attached hydrogen (secondary N) is 1. The van der Waals surface area contributed by atoms with Gasteiger partial charge in [-0.15, -0.1) is 0 Å². The number of amides is 2. The number of carbonyl (C=O) groups is 2. The summed E-state index contributed by atoms with van der Waals surface area (Å²) in [5, 5.41) is 7.21. The summed E-state index contributed by atoms with van der Waals surface area (Å²) in [6, 6.07) is 11.7. The first-order chi connectivity index (χ1) is 15.8. The fourth-order valence-electron chi connectivity index (χ4n) is 3.81. The summed E-state index contributed by atoms with van der Waals surface area (Å²) in [7, 11) is 0. The van der Waals surface area contributed by atoms with Crippen molar-refractivity contribution in [1.29, 1.82) is 0 Å². The van der Waals surface area contributed by atoms with Gasteiger partial charge in [0.05, 0.1) is 10.6 Å². The van der Waals surface area contributed by atoms with Crippen LogP contribution >= 0.6 is 23.8 Å². The van der Waals surface area contributed by atoms with E-state index in [-0.39, 0.29) is 28.8 Å². The number of hydrogen-bond donors (Lipinski definition) is 1. The molecule has 1 aliphatic rings. The molecule has 0 radical (unpaired) electrons. The number of carbonyl (C=O) groups excluding carboxylic acids is 2. The molecule has 10 heteroatoms. The second-order valence-corrected chi connectivity index (χ2v) is 8.71. The van der Waals surface area contributed by atoms with E-state index in [2.05, 4.69) is 10.2 Å². The molecule has 0 unspecified atom stereocenters. The topological polar surface area (TPSA) is 74.2 Å². The maximum atomic E-state index is 13.3. The van der Waals surface area contributed by atoms with Crippen LogP contribution in [0.3, 0.4) is 0 Å². The Morgan fingerprint density at radius 3 is 2.42 bits per heavy atom. The Hall–Kier alpha value is -3.04. The summed E-state index contributed by atoms with van der Waals surface area (Å²) >= 11 is 11.4. The largest absolute Gasteiger partial charge is 0.339 e. The third kappa shape index (κ3) is 5.15. The second-order valence-electron chi connectivity index (χ2n) is 7.92. The lowest BCUT2D eigenvalue weighted by Gasteiger charge is -2.35.